The average Bonchev–Trinajstić information content (AvgIpc) is 2.60. The fourth-order valence-electron chi connectivity index (χ4n) is 1.86. The predicted octanol–water partition coefficient (Wildman–Crippen LogP) is 0.806. The minimum Gasteiger partial charge on any atom is -0.333 e. The van der Waals surface area contributed by atoms with Crippen molar-refractivity contribution in [1.29, 1.82) is 0 Å². The van der Waals surface area contributed by atoms with E-state index in [0.29, 0.717) is 0 Å². The van der Waals surface area contributed by atoms with E-state index in [0.717, 1.165) is 18.9 Å². The highest BCUT2D eigenvalue weighted by Gasteiger charge is 2.42. The Morgan fingerprint density at radius 1 is 1.50 bits per heavy atom. The molecule has 0 aromatic carbocycles. The van der Waals surface area contributed by atoms with Gasteiger partial charge in [-0.15, -0.1) is 11.6 Å². The molecule has 14 heavy (non-hydrogen) atoms. The molecule has 0 amide bonds. The van der Waals surface area contributed by atoms with E-state index < -0.39 is 0 Å². The van der Waals surface area contributed by atoms with Gasteiger partial charge in [0.2, 0.25) is 5.95 Å². The monoisotopic (exact) mass is 215 g/mol. The van der Waals surface area contributed by atoms with Gasteiger partial charge in [0.15, 0.2) is 0 Å². The second kappa shape index (κ2) is 3.08. The predicted molar refractivity (Wildman–Crippen MR) is 54.5 cm³/mol. The molecular weight excluding hydrogens is 202 g/mol. The molecule has 0 N–H and O–H groups in total. The summed E-state index contributed by atoms with van der Waals surface area (Å²) in [6.45, 7) is 5.15. The van der Waals surface area contributed by atoms with Crippen LogP contribution in [0, 0.1) is 0 Å². The van der Waals surface area contributed by atoms with Crippen LogP contribution in [0.5, 0.6) is 0 Å². The highest BCUT2D eigenvalue weighted by Crippen LogP contribution is 2.35. The zero-order valence-electron chi connectivity index (χ0n) is 8.61. The van der Waals surface area contributed by atoms with Crippen LogP contribution in [0.15, 0.2) is 0 Å². The Hall–Kier alpha value is -0.840. The zero-order valence-corrected chi connectivity index (χ0v) is 9.36. The van der Waals surface area contributed by atoms with Gasteiger partial charge in [0, 0.05) is 13.6 Å². The molecule has 0 aliphatic carbocycles. The van der Waals surface area contributed by atoms with Crippen LogP contribution in [0.25, 0.3) is 0 Å². The van der Waals surface area contributed by atoms with E-state index in [1.54, 1.807) is 4.68 Å². The van der Waals surface area contributed by atoms with Crippen LogP contribution in [0.4, 0.5) is 5.95 Å². The highest BCUT2D eigenvalue weighted by molar-refractivity contribution is 6.22. The van der Waals surface area contributed by atoms with E-state index in [4.69, 9.17) is 11.6 Å². The van der Waals surface area contributed by atoms with Crippen molar-refractivity contribution in [2.24, 2.45) is 7.05 Å². The third kappa shape index (κ3) is 1.27. The van der Waals surface area contributed by atoms with E-state index >= 15 is 0 Å². The van der Waals surface area contributed by atoms with Crippen LogP contribution in [0.2, 0.25) is 0 Å². The van der Waals surface area contributed by atoms with E-state index in [9.17, 15) is 0 Å². The molecule has 1 aliphatic heterocycles. The van der Waals surface area contributed by atoms with Crippen molar-refractivity contribution in [3.63, 3.8) is 0 Å². The van der Waals surface area contributed by atoms with Gasteiger partial charge in [0.05, 0.1) is 10.9 Å². The largest absolute Gasteiger partial charge is 0.333 e. The number of halogens is 1. The van der Waals surface area contributed by atoms with E-state index in [1.807, 2.05) is 7.05 Å². The average molecular weight is 216 g/mol. The first-order valence-electron chi connectivity index (χ1n) is 4.67. The Bertz CT molecular complexity index is 334. The molecule has 78 valence electrons. The summed E-state index contributed by atoms with van der Waals surface area (Å²) in [6, 6.07) is 0. The molecule has 1 unspecified atom stereocenters. The number of tetrazole rings is 1. The Morgan fingerprint density at radius 3 is 2.64 bits per heavy atom. The number of nitrogens with zero attached hydrogens (tertiary/aromatic N) is 5. The molecule has 1 saturated heterocycles. The minimum absolute atomic E-state index is 0.0793. The molecule has 1 aliphatic rings. The van der Waals surface area contributed by atoms with Crippen molar-refractivity contribution >= 4 is 17.5 Å². The van der Waals surface area contributed by atoms with Crippen molar-refractivity contribution in [3.8, 4) is 0 Å². The number of hydrogen-bond donors (Lipinski definition) is 0. The Balaban J connectivity index is 2.33. The van der Waals surface area contributed by atoms with Gasteiger partial charge in [-0.3, -0.25) is 0 Å². The lowest BCUT2D eigenvalue weighted by Gasteiger charge is -2.33. The van der Waals surface area contributed by atoms with Gasteiger partial charge < -0.3 is 4.90 Å². The molecule has 1 aromatic heterocycles. The number of alkyl halides is 1. The maximum Gasteiger partial charge on any atom is 0.245 e. The van der Waals surface area contributed by atoms with Gasteiger partial charge in [-0.1, -0.05) is 5.10 Å². The number of rotatable bonds is 1. The van der Waals surface area contributed by atoms with Gasteiger partial charge in [-0.2, -0.15) is 0 Å². The first-order valence-corrected chi connectivity index (χ1v) is 5.11. The molecular formula is C8H14ClN5. The van der Waals surface area contributed by atoms with Crippen LogP contribution < -0.4 is 4.90 Å². The zero-order chi connectivity index (χ0) is 10.3. The van der Waals surface area contributed by atoms with Gasteiger partial charge >= 0.3 is 0 Å². The van der Waals surface area contributed by atoms with E-state index in [1.165, 1.54) is 0 Å². The maximum atomic E-state index is 6.25. The van der Waals surface area contributed by atoms with Gasteiger partial charge in [-0.05, 0) is 30.7 Å². The topological polar surface area (TPSA) is 46.8 Å². The molecule has 1 atom stereocenters. The molecule has 0 bridgehead atoms. The molecule has 1 fully saturated rings. The number of aromatic nitrogens is 4. The lowest BCUT2D eigenvalue weighted by Crippen LogP contribution is -2.44. The Labute approximate surface area is 88.0 Å². The van der Waals surface area contributed by atoms with Gasteiger partial charge in [0.25, 0.3) is 0 Å². The fourth-order valence-corrected chi connectivity index (χ4v) is 2.08. The van der Waals surface area contributed by atoms with Crippen molar-refractivity contribution in [3.05, 3.63) is 0 Å². The highest BCUT2D eigenvalue weighted by atomic mass is 35.5. The van der Waals surface area contributed by atoms with Crippen molar-refractivity contribution < 1.29 is 0 Å². The number of aryl methyl sites for hydroxylation is 1. The van der Waals surface area contributed by atoms with Gasteiger partial charge in [0.1, 0.15) is 0 Å². The Kier molecular flexibility index (Phi) is 2.14. The standard InChI is InChI=1S/C8H14ClN5/c1-8(2)6(9)4-5-14(8)7-10-11-12-13(7)3/h6H,4-5H2,1-3H3. The third-order valence-corrected chi connectivity index (χ3v) is 3.66. The summed E-state index contributed by atoms with van der Waals surface area (Å²) in [4.78, 5) is 2.16. The molecule has 0 spiro atoms. The molecule has 5 nitrogen and oxygen atoms in total. The third-order valence-electron chi connectivity index (χ3n) is 2.91. The minimum atomic E-state index is -0.0793. The van der Waals surface area contributed by atoms with E-state index in [2.05, 4.69) is 34.3 Å². The summed E-state index contributed by atoms with van der Waals surface area (Å²) in [5, 5.41) is 11.6. The summed E-state index contributed by atoms with van der Waals surface area (Å²) in [6.07, 6.45) is 0.974. The molecule has 2 heterocycles. The summed E-state index contributed by atoms with van der Waals surface area (Å²) >= 11 is 6.25. The number of hydrogen-bond acceptors (Lipinski definition) is 4. The van der Waals surface area contributed by atoms with Crippen molar-refractivity contribution in [2.45, 2.75) is 31.2 Å². The van der Waals surface area contributed by atoms with Crippen molar-refractivity contribution in [2.75, 3.05) is 11.4 Å². The van der Waals surface area contributed by atoms with E-state index in [-0.39, 0.29) is 10.9 Å². The summed E-state index contributed by atoms with van der Waals surface area (Å²) in [7, 11) is 1.84. The first-order chi connectivity index (χ1) is 6.53. The molecule has 2 rings (SSSR count). The van der Waals surface area contributed by atoms with Gasteiger partial charge in [-0.25, -0.2) is 4.68 Å². The van der Waals surface area contributed by atoms with Crippen molar-refractivity contribution in [1.82, 2.24) is 20.2 Å². The molecule has 0 saturated carbocycles. The first kappa shape index (κ1) is 9.71. The smallest absolute Gasteiger partial charge is 0.245 e. The summed E-state index contributed by atoms with van der Waals surface area (Å²) < 4.78 is 1.68. The lowest BCUT2D eigenvalue weighted by atomic mass is 10.0. The summed E-state index contributed by atoms with van der Waals surface area (Å²) in [5.74, 6) is 0.790. The summed E-state index contributed by atoms with van der Waals surface area (Å²) in [5.41, 5.74) is -0.0793. The number of anilines is 1. The molecule has 1 aromatic rings. The fraction of sp³-hybridized carbons (Fsp3) is 0.875. The second-order valence-electron chi connectivity index (χ2n) is 4.16. The van der Waals surface area contributed by atoms with Crippen LogP contribution in [-0.2, 0) is 7.05 Å². The van der Waals surface area contributed by atoms with Crippen LogP contribution in [0.1, 0.15) is 20.3 Å². The lowest BCUT2D eigenvalue weighted by molar-refractivity contribution is 0.508. The maximum absolute atomic E-state index is 6.25. The van der Waals surface area contributed by atoms with Crippen LogP contribution in [0.3, 0.4) is 0 Å². The Morgan fingerprint density at radius 2 is 2.21 bits per heavy atom. The second-order valence-corrected chi connectivity index (χ2v) is 4.69. The normalized spacial score (nSPS) is 25.7. The van der Waals surface area contributed by atoms with Crippen LogP contribution >= 0.6 is 11.6 Å². The molecule has 6 heteroatoms. The molecule has 0 radical (unpaired) electrons. The SMILES string of the molecule is Cn1nnnc1N1CCC(Cl)C1(C)C. The quantitative estimate of drug-likeness (QED) is 0.651. The van der Waals surface area contributed by atoms with Crippen LogP contribution in [-0.4, -0.2) is 37.7 Å².